The molecule has 0 aromatic carbocycles. The molecule has 0 heterocycles. The van der Waals surface area contributed by atoms with Crippen LogP contribution in [0.15, 0.2) is 0 Å². The summed E-state index contributed by atoms with van der Waals surface area (Å²) in [4.78, 5) is 23.0. The van der Waals surface area contributed by atoms with E-state index in [0.717, 1.165) is 25.7 Å². The number of nitrogens with one attached hydrogen (secondary N) is 1. The Morgan fingerprint density at radius 1 is 1.28 bits per heavy atom. The van der Waals surface area contributed by atoms with Crippen molar-refractivity contribution >= 4 is 11.9 Å². The molecule has 102 valence electrons. The van der Waals surface area contributed by atoms with Crippen molar-refractivity contribution in [2.45, 2.75) is 64.3 Å². The average Bonchev–Trinajstić information content (AvgIpc) is 3.01. The molecule has 4 heteroatoms. The molecule has 2 N–H and O–H groups in total. The number of carbonyl (C=O) groups is 2. The van der Waals surface area contributed by atoms with E-state index in [9.17, 15) is 9.59 Å². The molecule has 0 spiro atoms. The van der Waals surface area contributed by atoms with Gasteiger partial charge in [-0.15, -0.1) is 0 Å². The fourth-order valence-corrected chi connectivity index (χ4v) is 3.22. The molecule has 1 amide bonds. The van der Waals surface area contributed by atoms with Crippen LogP contribution in [0, 0.1) is 11.3 Å². The highest BCUT2D eigenvalue weighted by atomic mass is 16.4. The minimum Gasteiger partial charge on any atom is -0.481 e. The first-order valence-corrected chi connectivity index (χ1v) is 7.02. The maximum Gasteiger partial charge on any atom is 0.303 e. The number of amides is 1. The molecule has 2 rings (SSSR count). The number of hydrogen-bond donors (Lipinski definition) is 2. The van der Waals surface area contributed by atoms with Gasteiger partial charge in [0.1, 0.15) is 0 Å². The van der Waals surface area contributed by atoms with Crippen LogP contribution in [0.4, 0.5) is 0 Å². The van der Waals surface area contributed by atoms with Crippen LogP contribution in [0.3, 0.4) is 0 Å². The summed E-state index contributed by atoms with van der Waals surface area (Å²) in [5.41, 5.74) is -0.279. The van der Waals surface area contributed by atoms with Gasteiger partial charge in [0.2, 0.25) is 5.91 Å². The number of carbonyl (C=O) groups excluding carboxylic acids is 1. The number of aliphatic carboxylic acids is 1. The summed E-state index contributed by atoms with van der Waals surface area (Å²) in [5, 5.41) is 12.0. The molecule has 0 aliphatic heterocycles. The van der Waals surface area contributed by atoms with Crippen molar-refractivity contribution in [2.75, 3.05) is 0 Å². The van der Waals surface area contributed by atoms with Crippen molar-refractivity contribution in [1.29, 1.82) is 0 Å². The molecule has 1 atom stereocenters. The van der Waals surface area contributed by atoms with E-state index in [1.54, 1.807) is 0 Å². The second kappa shape index (κ2) is 5.29. The first kappa shape index (κ1) is 13.4. The standard InChI is InChI=1S/C14H23NO3/c1-10(11-4-5-11)15-12(16)8-14(9-13(17)18)6-2-3-7-14/h10-11H,2-9H2,1H3,(H,15,16)(H,17,18). The smallest absolute Gasteiger partial charge is 0.303 e. The second-order valence-corrected chi connectivity index (χ2v) is 6.15. The molecular weight excluding hydrogens is 230 g/mol. The number of carboxylic acids is 1. The van der Waals surface area contributed by atoms with Gasteiger partial charge in [-0.3, -0.25) is 9.59 Å². The molecular formula is C14H23NO3. The van der Waals surface area contributed by atoms with E-state index in [4.69, 9.17) is 5.11 Å². The third-order valence-electron chi connectivity index (χ3n) is 4.44. The van der Waals surface area contributed by atoms with Crippen LogP contribution in [-0.2, 0) is 9.59 Å². The summed E-state index contributed by atoms with van der Waals surface area (Å²) in [7, 11) is 0. The van der Waals surface area contributed by atoms with Gasteiger partial charge in [-0.2, -0.15) is 0 Å². The summed E-state index contributed by atoms with van der Waals surface area (Å²) in [5.74, 6) is -0.0922. The van der Waals surface area contributed by atoms with E-state index in [-0.39, 0.29) is 23.8 Å². The van der Waals surface area contributed by atoms with Crippen LogP contribution in [0.25, 0.3) is 0 Å². The lowest BCUT2D eigenvalue weighted by Crippen LogP contribution is -2.37. The van der Waals surface area contributed by atoms with E-state index in [1.807, 2.05) is 6.92 Å². The fraction of sp³-hybridized carbons (Fsp3) is 0.857. The molecule has 1 unspecified atom stereocenters. The van der Waals surface area contributed by atoms with E-state index < -0.39 is 5.97 Å². The summed E-state index contributed by atoms with van der Waals surface area (Å²) in [6.07, 6.45) is 6.81. The predicted molar refractivity (Wildman–Crippen MR) is 68.1 cm³/mol. The molecule has 0 aromatic rings. The van der Waals surface area contributed by atoms with Crippen molar-refractivity contribution in [3.8, 4) is 0 Å². The minimum atomic E-state index is -0.778. The maximum atomic E-state index is 12.0. The van der Waals surface area contributed by atoms with Crippen LogP contribution < -0.4 is 5.32 Å². The Morgan fingerprint density at radius 3 is 2.39 bits per heavy atom. The first-order valence-electron chi connectivity index (χ1n) is 7.02. The number of carboxylic acid groups (broad SMARTS) is 1. The largest absolute Gasteiger partial charge is 0.481 e. The normalized spacial score (nSPS) is 23.6. The SMILES string of the molecule is CC(NC(=O)CC1(CC(=O)O)CCCC1)C1CC1. The minimum absolute atomic E-state index is 0.0394. The summed E-state index contributed by atoms with van der Waals surface area (Å²) in [6.45, 7) is 2.05. The van der Waals surface area contributed by atoms with Crippen LogP contribution in [-0.4, -0.2) is 23.0 Å². The summed E-state index contributed by atoms with van der Waals surface area (Å²) >= 11 is 0. The maximum absolute atomic E-state index is 12.0. The molecule has 4 nitrogen and oxygen atoms in total. The van der Waals surface area contributed by atoms with E-state index >= 15 is 0 Å². The fourth-order valence-electron chi connectivity index (χ4n) is 3.22. The number of rotatable bonds is 6. The lowest BCUT2D eigenvalue weighted by Gasteiger charge is -2.27. The summed E-state index contributed by atoms with van der Waals surface area (Å²) < 4.78 is 0. The van der Waals surface area contributed by atoms with Crippen molar-refractivity contribution in [3.63, 3.8) is 0 Å². The quantitative estimate of drug-likeness (QED) is 0.763. The Kier molecular flexibility index (Phi) is 3.93. The van der Waals surface area contributed by atoms with Gasteiger partial charge in [-0.05, 0) is 43.9 Å². The molecule has 2 aliphatic carbocycles. The second-order valence-electron chi connectivity index (χ2n) is 6.15. The molecule has 0 aromatic heterocycles. The lowest BCUT2D eigenvalue weighted by atomic mass is 9.79. The van der Waals surface area contributed by atoms with Gasteiger partial charge in [0.25, 0.3) is 0 Å². The van der Waals surface area contributed by atoms with Crippen LogP contribution >= 0.6 is 0 Å². The van der Waals surface area contributed by atoms with Crippen molar-refractivity contribution in [3.05, 3.63) is 0 Å². The highest BCUT2D eigenvalue weighted by Gasteiger charge is 2.38. The van der Waals surface area contributed by atoms with Gasteiger partial charge < -0.3 is 10.4 Å². The molecule has 0 bridgehead atoms. The highest BCUT2D eigenvalue weighted by Crippen LogP contribution is 2.44. The molecule has 2 saturated carbocycles. The van der Waals surface area contributed by atoms with E-state index in [1.165, 1.54) is 12.8 Å². The zero-order valence-electron chi connectivity index (χ0n) is 11.1. The van der Waals surface area contributed by atoms with Gasteiger partial charge >= 0.3 is 5.97 Å². The zero-order valence-corrected chi connectivity index (χ0v) is 11.1. The first-order chi connectivity index (χ1) is 8.51. The molecule has 0 saturated heterocycles. The summed E-state index contributed by atoms with van der Waals surface area (Å²) in [6, 6.07) is 0.251. The van der Waals surface area contributed by atoms with E-state index in [0.29, 0.717) is 12.3 Å². The van der Waals surface area contributed by atoms with E-state index in [2.05, 4.69) is 5.32 Å². The molecule has 2 aliphatic rings. The molecule has 2 fully saturated rings. The van der Waals surface area contributed by atoms with Gasteiger partial charge in [0, 0.05) is 12.5 Å². The van der Waals surface area contributed by atoms with Gasteiger partial charge in [-0.25, -0.2) is 0 Å². The Hall–Kier alpha value is -1.06. The van der Waals surface area contributed by atoms with Crippen LogP contribution in [0.1, 0.15) is 58.3 Å². The average molecular weight is 253 g/mol. The number of hydrogen-bond acceptors (Lipinski definition) is 2. The van der Waals surface area contributed by atoms with Gasteiger partial charge in [0.05, 0.1) is 6.42 Å². The van der Waals surface area contributed by atoms with Crippen molar-refractivity contribution in [2.24, 2.45) is 11.3 Å². The van der Waals surface area contributed by atoms with Crippen molar-refractivity contribution in [1.82, 2.24) is 5.32 Å². The predicted octanol–water partition coefficient (Wildman–Crippen LogP) is 2.33. The Morgan fingerprint density at radius 2 is 1.89 bits per heavy atom. The Balaban J connectivity index is 1.87. The van der Waals surface area contributed by atoms with Crippen molar-refractivity contribution < 1.29 is 14.7 Å². The topological polar surface area (TPSA) is 66.4 Å². The van der Waals surface area contributed by atoms with Crippen LogP contribution in [0.2, 0.25) is 0 Å². The highest BCUT2D eigenvalue weighted by molar-refractivity contribution is 5.78. The third kappa shape index (κ3) is 3.47. The van der Waals surface area contributed by atoms with Crippen LogP contribution in [0.5, 0.6) is 0 Å². The third-order valence-corrected chi connectivity index (χ3v) is 4.44. The Labute approximate surface area is 108 Å². The monoisotopic (exact) mass is 253 g/mol. The molecule has 18 heavy (non-hydrogen) atoms. The van der Waals surface area contributed by atoms with Gasteiger partial charge in [-0.1, -0.05) is 12.8 Å². The molecule has 0 radical (unpaired) electrons. The lowest BCUT2D eigenvalue weighted by molar-refractivity contribution is -0.140. The Bertz CT molecular complexity index is 330. The van der Waals surface area contributed by atoms with Gasteiger partial charge in [0.15, 0.2) is 0 Å². The zero-order chi connectivity index (χ0) is 13.2.